The van der Waals surface area contributed by atoms with E-state index in [0.717, 1.165) is 17.1 Å². The average molecular weight is 279 g/mol. The van der Waals surface area contributed by atoms with Crippen LogP contribution in [-0.4, -0.2) is 40.7 Å². The molecule has 0 spiro atoms. The topological polar surface area (TPSA) is 79.3 Å². The Hall–Kier alpha value is -1.89. The SMILES string of the molecule is CNCc1c(C)nn(C)c1N1CC(=O)NC(=O)C1(C)C. The summed E-state index contributed by atoms with van der Waals surface area (Å²) in [5, 5.41) is 9.90. The molecular formula is C13H21N5O2. The monoisotopic (exact) mass is 279 g/mol. The molecule has 1 aromatic rings. The van der Waals surface area contributed by atoms with Crippen molar-refractivity contribution in [1.29, 1.82) is 0 Å². The van der Waals surface area contributed by atoms with Crippen molar-refractivity contribution in [3.8, 4) is 0 Å². The number of piperazine rings is 1. The largest absolute Gasteiger partial charge is 0.333 e. The fraction of sp³-hybridized carbons (Fsp3) is 0.615. The van der Waals surface area contributed by atoms with Crippen molar-refractivity contribution in [2.45, 2.75) is 32.9 Å². The minimum absolute atomic E-state index is 0.147. The molecule has 1 aliphatic heterocycles. The van der Waals surface area contributed by atoms with E-state index in [1.165, 1.54) is 0 Å². The van der Waals surface area contributed by atoms with Gasteiger partial charge in [0.1, 0.15) is 11.4 Å². The molecular weight excluding hydrogens is 258 g/mol. The number of anilines is 1. The van der Waals surface area contributed by atoms with Crippen molar-refractivity contribution in [1.82, 2.24) is 20.4 Å². The Morgan fingerprint density at radius 3 is 2.65 bits per heavy atom. The van der Waals surface area contributed by atoms with Gasteiger partial charge in [-0.3, -0.25) is 19.6 Å². The number of amides is 2. The maximum absolute atomic E-state index is 12.1. The first kappa shape index (κ1) is 14.5. The molecule has 0 aromatic carbocycles. The molecule has 1 saturated heterocycles. The first-order valence-electron chi connectivity index (χ1n) is 6.58. The van der Waals surface area contributed by atoms with Gasteiger partial charge in [0.15, 0.2) is 0 Å². The highest BCUT2D eigenvalue weighted by Gasteiger charge is 2.43. The molecule has 2 rings (SSSR count). The lowest BCUT2D eigenvalue weighted by Gasteiger charge is -2.41. The summed E-state index contributed by atoms with van der Waals surface area (Å²) in [5.74, 6) is 0.233. The fourth-order valence-corrected chi connectivity index (χ4v) is 2.53. The molecule has 1 aromatic heterocycles. The van der Waals surface area contributed by atoms with Crippen LogP contribution in [0.15, 0.2) is 0 Å². The summed E-state index contributed by atoms with van der Waals surface area (Å²) < 4.78 is 1.73. The van der Waals surface area contributed by atoms with E-state index in [2.05, 4.69) is 15.7 Å². The van der Waals surface area contributed by atoms with Gasteiger partial charge in [-0.1, -0.05) is 0 Å². The zero-order valence-corrected chi connectivity index (χ0v) is 12.6. The maximum atomic E-state index is 12.1. The summed E-state index contributed by atoms with van der Waals surface area (Å²) in [6.07, 6.45) is 0. The number of carbonyl (C=O) groups is 2. The summed E-state index contributed by atoms with van der Waals surface area (Å²) in [5.41, 5.74) is 1.10. The third kappa shape index (κ3) is 2.18. The predicted octanol–water partition coefficient (Wildman–Crippen LogP) is -0.311. The zero-order valence-electron chi connectivity index (χ0n) is 12.6. The van der Waals surface area contributed by atoms with E-state index < -0.39 is 5.54 Å². The van der Waals surface area contributed by atoms with E-state index in [9.17, 15) is 9.59 Å². The predicted molar refractivity (Wildman–Crippen MR) is 75.3 cm³/mol. The molecule has 0 unspecified atom stereocenters. The van der Waals surface area contributed by atoms with Crippen LogP contribution in [0.25, 0.3) is 0 Å². The second-order valence-electron chi connectivity index (χ2n) is 5.56. The standard InChI is InChI=1S/C13H21N5O2/c1-8-9(6-14-4)11(17(5)16-8)18-7-10(19)15-12(20)13(18,2)3/h14H,6-7H2,1-5H3,(H,15,19,20). The Morgan fingerprint density at radius 2 is 2.05 bits per heavy atom. The third-order valence-electron chi connectivity index (χ3n) is 3.71. The lowest BCUT2D eigenvalue weighted by molar-refractivity contribution is -0.135. The molecule has 0 aliphatic carbocycles. The van der Waals surface area contributed by atoms with Crippen LogP contribution in [0.2, 0.25) is 0 Å². The summed E-state index contributed by atoms with van der Waals surface area (Å²) in [6, 6.07) is 0. The first-order chi connectivity index (χ1) is 9.28. The van der Waals surface area contributed by atoms with E-state index >= 15 is 0 Å². The van der Waals surface area contributed by atoms with Crippen LogP contribution in [0.3, 0.4) is 0 Å². The number of imide groups is 1. The van der Waals surface area contributed by atoms with Crippen LogP contribution in [0, 0.1) is 6.92 Å². The molecule has 7 nitrogen and oxygen atoms in total. The van der Waals surface area contributed by atoms with Gasteiger partial charge in [-0.25, -0.2) is 0 Å². The van der Waals surface area contributed by atoms with E-state index in [4.69, 9.17) is 0 Å². The molecule has 7 heteroatoms. The lowest BCUT2D eigenvalue weighted by atomic mass is 9.98. The molecule has 2 amide bonds. The summed E-state index contributed by atoms with van der Waals surface area (Å²) >= 11 is 0. The maximum Gasteiger partial charge on any atom is 0.251 e. The van der Waals surface area contributed by atoms with Crippen molar-refractivity contribution in [3.05, 3.63) is 11.3 Å². The molecule has 0 saturated carbocycles. The Morgan fingerprint density at radius 1 is 1.40 bits per heavy atom. The van der Waals surface area contributed by atoms with E-state index in [0.29, 0.717) is 6.54 Å². The van der Waals surface area contributed by atoms with Gasteiger partial charge in [0.25, 0.3) is 5.91 Å². The number of aryl methyl sites for hydroxylation is 2. The van der Waals surface area contributed by atoms with Gasteiger partial charge < -0.3 is 10.2 Å². The van der Waals surface area contributed by atoms with Crippen LogP contribution in [0.4, 0.5) is 5.82 Å². The summed E-state index contributed by atoms with van der Waals surface area (Å²) in [7, 11) is 3.68. The zero-order chi connectivity index (χ0) is 15.1. The highest BCUT2D eigenvalue weighted by atomic mass is 16.2. The molecule has 2 N–H and O–H groups in total. The number of hydrogen-bond acceptors (Lipinski definition) is 5. The van der Waals surface area contributed by atoms with Gasteiger partial charge in [-0.2, -0.15) is 5.10 Å². The Balaban J connectivity index is 2.53. The number of carbonyl (C=O) groups excluding carboxylic acids is 2. The normalized spacial score (nSPS) is 18.4. The highest BCUT2D eigenvalue weighted by molar-refractivity contribution is 6.06. The van der Waals surface area contributed by atoms with Gasteiger partial charge in [0.05, 0.1) is 12.2 Å². The molecule has 110 valence electrons. The smallest absolute Gasteiger partial charge is 0.251 e. The number of aromatic nitrogens is 2. The average Bonchev–Trinajstić information content (AvgIpc) is 2.60. The minimum Gasteiger partial charge on any atom is -0.333 e. The fourth-order valence-electron chi connectivity index (χ4n) is 2.53. The number of nitrogens with zero attached hydrogens (tertiary/aromatic N) is 3. The number of nitrogens with one attached hydrogen (secondary N) is 2. The molecule has 1 aliphatic rings. The van der Waals surface area contributed by atoms with E-state index in [-0.39, 0.29) is 18.4 Å². The van der Waals surface area contributed by atoms with Crippen LogP contribution in [0.1, 0.15) is 25.1 Å². The lowest BCUT2D eigenvalue weighted by Crippen LogP contribution is -2.64. The molecule has 0 bridgehead atoms. The third-order valence-corrected chi connectivity index (χ3v) is 3.71. The van der Waals surface area contributed by atoms with Crippen molar-refractivity contribution >= 4 is 17.6 Å². The van der Waals surface area contributed by atoms with E-state index in [1.807, 2.05) is 25.9 Å². The Bertz CT molecular complexity index is 561. The van der Waals surface area contributed by atoms with Gasteiger partial charge in [-0.15, -0.1) is 0 Å². The summed E-state index contributed by atoms with van der Waals surface area (Å²) in [4.78, 5) is 25.6. The Labute approximate surface area is 118 Å². The molecule has 2 heterocycles. The van der Waals surface area contributed by atoms with Crippen molar-refractivity contribution in [2.75, 3.05) is 18.5 Å². The molecule has 20 heavy (non-hydrogen) atoms. The minimum atomic E-state index is -0.795. The Kier molecular flexibility index (Phi) is 3.56. The van der Waals surface area contributed by atoms with Gasteiger partial charge in [-0.05, 0) is 27.8 Å². The van der Waals surface area contributed by atoms with Crippen LogP contribution in [0.5, 0.6) is 0 Å². The molecule has 0 atom stereocenters. The van der Waals surface area contributed by atoms with Crippen LogP contribution >= 0.6 is 0 Å². The van der Waals surface area contributed by atoms with Crippen molar-refractivity contribution in [2.24, 2.45) is 7.05 Å². The summed E-state index contributed by atoms with van der Waals surface area (Å²) in [6.45, 7) is 6.32. The molecule has 0 radical (unpaired) electrons. The number of rotatable bonds is 3. The van der Waals surface area contributed by atoms with Gasteiger partial charge >= 0.3 is 0 Å². The second kappa shape index (κ2) is 4.90. The van der Waals surface area contributed by atoms with Crippen LogP contribution < -0.4 is 15.5 Å². The highest BCUT2D eigenvalue weighted by Crippen LogP contribution is 2.30. The van der Waals surface area contributed by atoms with Gasteiger partial charge in [0, 0.05) is 19.2 Å². The first-order valence-corrected chi connectivity index (χ1v) is 6.58. The molecule has 1 fully saturated rings. The van der Waals surface area contributed by atoms with Crippen LogP contribution in [-0.2, 0) is 23.2 Å². The quantitative estimate of drug-likeness (QED) is 0.742. The number of hydrogen-bond donors (Lipinski definition) is 2. The second-order valence-corrected chi connectivity index (χ2v) is 5.56. The van der Waals surface area contributed by atoms with Crippen molar-refractivity contribution in [3.63, 3.8) is 0 Å². The van der Waals surface area contributed by atoms with Crippen molar-refractivity contribution < 1.29 is 9.59 Å². The van der Waals surface area contributed by atoms with E-state index in [1.54, 1.807) is 18.5 Å². The van der Waals surface area contributed by atoms with Gasteiger partial charge in [0.2, 0.25) is 5.91 Å².